The highest BCUT2D eigenvalue weighted by atomic mass is 32.2. The zero-order valence-electron chi connectivity index (χ0n) is 14.6. The normalized spacial score (nSPS) is 24.1. The maximum absolute atomic E-state index is 2.50. The van der Waals surface area contributed by atoms with Gasteiger partial charge in [-0.05, 0) is 26.0 Å². The third-order valence-corrected chi connectivity index (χ3v) is 7.18. The van der Waals surface area contributed by atoms with Crippen molar-refractivity contribution in [1.82, 2.24) is 4.90 Å². The Kier molecular flexibility index (Phi) is 4.82. The lowest BCUT2D eigenvalue weighted by atomic mass is 10.1. The molecule has 1 aromatic heterocycles. The first-order valence-corrected chi connectivity index (χ1v) is 10.6. The predicted octanol–water partition coefficient (Wildman–Crippen LogP) is 5.00. The Morgan fingerprint density at radius 1 is 1.16 bits per heavy atom. The number of hydrogen-bond donors (Lipinski definition) is 0. The molecule has 0 amide bonds. The van der Waals surface area contributed by atoms with Crippen molar-refractivity contribution in [2.75, 3.05) is 6.54 Å². The van der Waals surface area contributed by atoms with Gasteiger partial charge in [0.15, 0.2) is 0 Å². The van der Waals surface area contributed by atoms with Gasteiger partial charge in [-0.3, -0.25) is 0 Å². The molecule has 2 heterocycles. The first-order chi connectivity index (χ1) is 12.3. The second-order valence-corrected chi connectivity index (χ2v) is 8.41. The van der Waals surface area contributed by atoms with Crippen LogP contribution in [0.1, 0.15) is 18.9 Å². The minimum absolute atomic E-state index is 0.504. The summed E-state index contributed by atoms with van der Waals surface area (Å²) in [5, 5.41) is 3.23. The Morgan fingerprint density at radius 2 is 2.00 bits per heavy atom. The van der Waals surface area contributed by atoms with Gasteiger partial charge in [0.1, 0.15) is 11.2 Å². The molecule has 2 aliphatic rings. The minimum atomic E-state index is 0.504. The highest BCUT2D eigenvalue weighted by Crippen LogP contribution is 2.41. The van der Waals surface area contributed by atoms with E-state index >= 15 is 0 Å². The van der Waals surface area contributed by atoms with Crippen LogP contribution in [0.15, 0.2) is 65.8 Å². The minimum Gasteiger partial charge on any atom is -0.359 e. The van der Waals surface area contributed by atoms with E-state index in [0.717, 1.165) is 13.1 Å². The van der Waals surface area contributed by atoms with Gasteiger partial charge in [0, 0.05) is 18.7 Å². The number of hydrogen-bond acceptors (Lipinski definition) is 3. The number of aromatic nitrogens is 1. The lowest BCUT2D eigenvalue weighted by molar-refractivity contribution is -0.665. The van der Waals surface area contributed by atoms with Crippen LogP contribution in [0.25, 0.3) is 16.3 Å². The lowest BCUT2D eigenvalue weighted by Crippen LogP contribution is -2.33. The fourth-order valence-corrected chi connectivity index (χ4v) is 6.04. The van der Waals surface area contributed by atoms with Crippen LogP contribution in [0, 0.1) is 0 Å². The molecule has 0 bridgehead atoms. The zero-order valence-corrected chi connectivity index (χ0v) is 16.3. The number of rotatable bonds is 4. The van der Waals surface area contributed by atoms with E-state index in [1.807, 2.05) is 23.1 Å². The third-order valence-electron chi connectivity index (χ3n) is 4.73. The molecule has 0 N–H and O–H groups in total. The second-order valence-electron chi connectivity index (χ2n) is 6.15. The molecule has 4 rings (SSSR count). The van der Waals surface area contributed by atoms with Crippen LogP contribution in [0.5, 0.6) is 0 Å². The molecule has 0 saturated carbocycles. The quantitative estimate of drug-likeness (QED) is 0.703. The van der Waals surface area contributed by atoms with Crippen molar-refractivity contribution in [1.29, 1.82) is 0 Å². The van der Waals surface area contributed by atoms with E-state index in [9.17, 15) is 0 Å². The molecule has 2 aromatic rings. The Hall–Kier alpha value is -1.78. The van der Waals surface area contributed by atoms with E-state index < -0.39 is 0 Å². The molecule has 2 nitrogen and oxygen atoms in total. The van der Waals surface area contributed by atoms with Gasteiger partial charge < -0.3 is 4.90 Å². The largest absolute Gasteiger partial charge is 0.359 e. The van der Waals surface area contributed by atoms with Gasteiger partial charge in [0.2, 0.25) is 5.52 Å². The van der Waals surface area contributed by atoms with E-state index in [4.69, 9.17) is 0 Å². The summed E-state index contributed by atoms with van der Waals surface area (Å²) in [5.41, 5.74) is 1.33. The number of thioether (sulfide) groups is 1. The third kappa shape index (κ3) is 3.09. The van der Waals surface area contributed by atoms with Crippen molar-refractivity contribution in [2.45, 2.75) is 31.7 Å². The van der Waals surface area contributed by atoms with Crippen molar-refractivity contribution in [3.05, 3.63) is 70.8 Å². The number of allylic oxidation sites excluding steroid dienone is 4. The van der Waals surface area contributed by atoms with Gasteiger partial charge in [0.25, 0.3) is 5.01 Å². The molecular weight excluding hydrogens is 344 g/mol. The standard InChI is InChI=1S/C21H23N2S2/c1-3-22-16-10-5-7-12-18(16)24-20(22)14-9-15-21-23(4-2)17-11-6-8-13-19(17)25-21/h5-16,18H,3-4H2,1-2H3/q+1. The number of fused-ring (bicyclic) bond motifs is 2. The molecule has 1 fully saturated rings. The molecular formula is C21H23N2S2+. The molecule has 128 valence electrons. The number of nitrogens with zero attached hydrogens (tertiary/aromatic N) is 2. The fourth-order valence-electron chi connectivity index (χ4n) is 3.54. The summed E-state index contributed by atoms with van der Waals surface area (Å²) >= 11 is 3.83. The van der Waals surface area contributed by atoms with Crippen LogP contribution < -0.4 is 4.57 Å². The SMILES string of the molecule is CCN1C(=CC=Cc2sc3ccccc3[n+]2CC)SC2C=CC=CC21. The van der Waals surface area contributed by atoms with Crippen LogP contribution in [0.2, 0.25) is 0 Å². The van der Waals surface area contributed by atoms with Crippen LogP contribution in [0.4, 0.5) is 0 Å². The molecule has 1 aromatic carbocycles. The van der Waals surface area contributed by atoms with E-state index in [0.29, 0.717) is 11.3 Å². The van der Waals surface area contributed by atoms with Crippen molar-refractivity contribution >= 4 is 39.4 Å². The molecule has 0 radical (unpaired) electrons. The predicted molar refractivity (Wildman–Crippen MR) is 111 cm³/mol. The Labute approximate surface area is 157 Å². The van der Waals surface area contributed by atoms with Gasteiger partial charge >= 0.3 is 0 Å². The van der Waals surface area contributed by atoms with E-state index in [1.165, 1.54) is 20.3 Å². The summed E-state index contributed by atoms with van der Waals surface area (Å²) < 4.78 is 3.74. The zero-order chi connectivity index (χ0) is 17.2. The average molecular weight is 368 g/mol. The maximum atomic E-state index is 2.50. The van der Waals surface area contributed by atoms with Crippen LogP contribution in [-0.2, 0) is 6.54 Å². The van der Waals surface area contributed by atoms with Crippen LogP contribution in [0.3, 0.4) is 0 Å². The molecule has 4 heteroatoms. The van der Waals surface area contributed by atoms with Crippen LogP contribution >= 0.6 is 23.1 Å². The molecule has 0 spiro atoms. The van der Waals surface area contributed by atoms with Gasteiger partial charge in [0.05, 0.1) is 16.3 Å². The van der Waals surface area contributed by atoms with Gasteiger partial charge in [-0.2, -0.15) is 4.57 Å². The Morgan fingerprint density at radius 3 is 2.84 bits per heavy atom. The van der Waals surface area contributed by atoms with Crippen molar-refractivity contribution in [3.63, 3.8) is 0 Å². The number of benzene rings is 1. The first kappa shape index (κ1) is 16.7. The first-order valence-electron chi connectivity index (χ1n) is 8.90. The van der Waals surface area contributed by atoms with E-state index in [2.05, 4.69) is 90.1 Å². The summed E-state index contributed by atoms with van der Waals surface area (Å²) in [7, 11) is 0. The summed E-state index contributed by atoms with van der Waals surface area (Å²) in [6.45, 7) is 6.49. The van der Waals surface area contributed by atoms with Gasteiger partial charge in [-0.1, -0.05) is 65.6 Å². The average Bonchev–Trinajstić information content (AvgIpc) is 3.18. The number of para-hydroxylation sites is 1. The molecule has 1 aliphatic carbocycles. The Bertz CT molecular complexity index is 888. The summed E-state index contributed by atoms with van der Waals surface area (Å²) in [6.07, 6.45) is 15.7. The topological polar surface area (TPSA) is 7.12 Å². The van der Waals surface area contributed by atoms with E-state index in [1.54, 1.807) is 0 Å². The summed E-state index contributed by atoms with van der Waals surface area (Å²) in [6, 6.07) is 9.15. The summed E-state index contributed by atoms with van der Waals surface area (Å²) in [4.78, 5) is 2.50. The van der Waals surface area contributed by atoms with Crippen molar-refractivity contribution in [3.8, 4) is 0 Å². The van der Waals surface area contributed by atoms with Gasteiger partial charge in [-0.15, -0.1) is 0 Å². The summed E-state index contributed by atoms with van der Waals surface area (Å²) in [5.74, 6) is 0. The number of aryl methyl sites for hydroxylation is 1. The molecule has 2 unspecified atom stereocenters. The number of likely N-dealkylation sites (N-methyl/N-ethyl adjacent to an activating group) is 1. The molecule has 25 heavy (non-hydrogen) atoms. The molecule has 2 atom stereocenters. The molecule has 1 aliphatic heterocycles. The van der Waals surface area contributed by atoms with Crippen LogP contribution in [-0.4, -0.2) is 22.7 Å². The highest BCUT2D eigenvalue weighted by molar-refractivity contribution is 8.04. The number of thiazole rings is 1. The lowest BCUT2D eigenvalue weighted by Gasteiger charge is -2.25. The fraction of sp³-hybridized carbons (Fsp3) is 0.286. The Balaban J connectivity index is 1.61. The smallest absolute Gasteiger partial charge is 0.262 e. The van der Waals surface area contributed by atoms with E-state index in [-0.39, 0.29) is 0 Å². The highest BCUT2D eigenvalue weighted by Gasteiger charge is 2.34. The van der Waals surface area contributed by atoms with Gasteiger partial charge in [-0.25, -0.2) is 0 Å². The second kappa shape index (κ2) is 7.22. The maximum Gasteiger partial charge on any atom is 0.262 e. The van der Waals surface area contributed by atoms with Crippen molar-refractivity contribution < 1.29 is 4.57 Å². The van der Waals surface area contributed by atoms with Crippen molar-refractivity contribution in [2.24, 2.45) is 0 Å². The monoisotopic (exact) mass is 367 g/mol. The molecule has 1 saturated heterocycles.